The van der Waals surface area contributed by atoms with Crippen LogP contribution in [-0.4, -0.2) is 34.3 Å². The van der Waals surface area contributed by atoms with Crippen LogP contribution in [0, 0.1) is 5.92 Å². The Morgan fingerprint density at radius 2 is 1.79 bits per heavy atom. The summed E-state index contributed by atoms with van der Waals surface area (Å²) in [6, 6.07) is -0.0823. The molecule has 2 atom stereocenters. The molecule has 1 heterocycles. The van der Waals surface area contributed by atoms with E-state index in [4.69, 9.17) is 0 Å². The smallest absolute Gasteiger partial charge is 0.248 e. The van der Waals surface area contributed by atoms with Crippen molar-refractivity contribution in [3.63, 3.8) is 0 Å². The lowest BCUT2D eigenvalue weighted by atomic mass is 9.83. The molecule has 0 spiro atoms. The lowest BCUT2D eigenvalue weighted by molar-refractivity contribution is -0.157. The fourth-order valence-electron chi connectivity index (χ4n) is 3.26. The number of carbonyl (C=O) groups is 2. The summed E-state index contributed by atoms with van der Waals surface area (Å²) in [6.45, 7) is 7.91. The van der Waals surface area contributed by atoms with Crippen molar-refractivity contribution in [1.82, 2.24) is 10.2 Å². The standard InChI is InChI=1S/C15H26N2O2/c1-5-15(4)14(19)17(11(3)13(18)16-15)12-8-6-10(2)7-9-12/h10-12H,5-9H2,1-4H3,(H,16,18). The minimum Gasteiger partial charge on any atom is -0.340 e. The van der Waals surface area contributed by atoms with Crippen molar-refractivity contribution < 1.29 is 9.59 Å². The fourth-order valence-corrected chi connectivity index (χ4v) is 3.26. The van der Waals surface area contributed by atoms with Crippen molar-refractivity contribution in [1.29, 1.82) is 0 Å². The van der Waals surface area contributed by atoms with Crippen LogP contribution in [0.2, 0.25) is 0 Å². The van der Waals surface area contributed by atoms with Gasteiger partial charge in [0, 0.05) is 6.04 Å². The molecule has 1 N–H and O–H groups in total. The zero-order valence-electron chi connectivity index (χ0n) is 12.5. The highest BCUT2D eigenvalue weighted by molar-refractivity contribution is 5.99. The number of hydrogen-bond donors (Lipinski definition) is 1. The van der Waals surface area contributed by atoms with Crippen molar-refractivity contribution >= 4 is 11.8 Å². The monoisotopic (exact) mass is 266 g/mol. The molecule has 1 saturated carbocycles. The van der Waals surface area contributed by atoms with Crippen LogP contribution < -0.4 is 5.32 Å². The van der Waals surface area contributed by atoms with Gasteiger partial charge in [0.25, 0.3) is 0 Å². The van der Waals surface area contributed by atoms with E-state index in [1.165, 1.54) is 0 Å². The Labute approximate surface area is 115 Å². The van der Waals surface area contributed by atoms with E-state index in [2.05, 4.69) is 12.2 Å². The van der Waals surface area contributed by atoms with Crippen LogP contribution in [0.25, 0.3) is 0 Å². The lowest BCUT2D eigenvalue weighted by Crippen LogP contribution is -2.70. The molecule has 0 aromatic carbocycles. The number of nitrogens with one attached hydrogen (secondary N) is 1. The summed E-state index contributed by atoms with van der Waals surface area (Å²) < 4.78 is 0. The normalized spacial score (nSPS) is 40.2. The Morgan fingerprint density at radius 3 is 2.32 bits per heavy atom. The summed E-state index contributed by atoms with van der Waals surface area (Å²) >= 11 is 0. The first-order valence-electron chi connectivity index (χ1n) is 7.54. The third kappa shape index (κ3) is 2.49. The highest BCUT2D eigenvalue weighted by Gasteiger charge is 2.47. The Morgan fingerprint density at radius 1 is 1.21 bits per heavy atom. The predicted octanol–water partition coefficient (Wildman–Crippen LogP) is 2.08. The summed E-state index contributed by atoms with van der Waals surface area (Å²) in [5.74, 6) is 0.835. The largest absolute Gasteiger partial charge is 0.340 e. The van der Waals surface area contributed by atoms with Crippen molar-refractivity contribution in [2.45, 2.75) is 77.4 Å². The van der Waals surface area contributed by atoms with Crippen LogP contribution in [0.4, 0.5) is 0 Å². The third-order valence-electron chi connectivity index (χ3n) is 4.99. The SMILES string of the molecule is CCC1(C)NC(=O)C(C)N(C2CCC(C)CC2)C1=O. The molecule has 2 amide bonds. The van der Waals surface area contributed by atoms with Gasteiger partial charge in [0.1, 0.15) is 11.6 Å². The van der Waals surface area contributed by atoms with Gasteiger partial charge in [-0.2, -0.15) is 0 Å². The molecule has 0 radical (unpaired) electrons. The number of hydrogen-bond acceptors (Lipinski definition) is 2. The van der Waals surface area contributed by atoms with Crippen molar-refractivity contribution in [3.8, 4) is 0 Å². The maximum atomic E-state index is 12.7. The number of carbonyl (C=O) groups excluding carboxylic acids is 2. The summed E-state index contributed by atoms with van der Waals surface area (Å²) in [7, 11) is 0. The Kier molecular flexibility index (Phi) is 3.88. The molecule has 2 fully saturated rings. The second kappa shape index (κ2) is 5.14. The van der Waals surface area contributed by atoms with Gasteiger partial charge in [-0.05, 0) is 51.9 Å². The average Bonchev–Trinajstić information content (AvgIpc) is 2.39. The molecular formula is C15H26N2O2. The van der Waals surface area contributed by atoms with Gasteiger partial charge in [-0.25, -0.2) is 0 Å². The maximum Gasteiger partial charge on any atom is 0.248 e. The maximum absolute atomic E-state index is 12.7. The van der Waals surface area contributed by atoms with E-state index < -0.39 is 5.54 Å². The third-order valence-corrected chi connectivity index (χ3v) is 4.99. The molecule has 0 aromatic heterocycles. The topological polar surface area (TPSA) is 49.4 Å². The van der Waals surface area contributed by atoms with Crippen LogP contribution in [0.15, 0.2) is 0 Å². The molecule has 2 unspecified atom stereocenters. The van der Waals surface area contributed by atoms with E-state index in [-0.39, 0.29) is 23.9 Å². The Bertz CT molecular complexity index is 374. The summed E-state index contributed by atoms with van der Waals surface area (Å²) in [6.07, 6.45) is 5.02. The molecule has 4 nitrogen and oxygen atoms in total. The van der Waals surface area contributed by atoms with Gasteiger partial charge < -0.3 is 10.2 Å². The van der Waals surface area contributed by atoms with Crippen molar-refractivity contribution in [2.75, 3.05) is 0 Å². The second-order valence-corrected chi connectivity index (χ2v) is 6.48. The Hall–Kier alpha value is -1.06. The first-order valence-corrected chi connectivity index (χ1v) is 7.54. The van der Waals surface area contributed by atoms with E-state index >= 15 is 0 Å². The molecule has 2 rings (SSSR count). The van der Waals surface area contributed by atoms with Gasteiger partial charge in [-0.1, -0.05) is 13.8 Å². The molecule has 2 aliphatic rings. The predicted molar refractivity (Wildman–Crippen MR) is 74.6 cm³/mol. The van der Waals surface area contributed by atoms with E-state index in [1.807, 2.05) is 25.7 Å². The zero-order chi connectivity index (χ0) is 14.2. The first-order chi connectivity index (χ1) is 8.89. The average molecular weight is 266 g/mol. The van der Waals surface area contributed by atoms with E-state index in [9.17, 15) is 9.59 Å². The molecule has 1 aliphatic carbocycles. The summed E-state index contributed by atoms with van der Waals surface area (Å²) in [5, 5.41) is 2.89. The van der Waals surface area contributed by atoms with Crippen molar-refractivity contribution in [2.24, 2.45) is 5.92 Å². The number of piperazine rings is 1. The number of amides is 2. The molecule has 0 aromatic rings. The van der Waals surface area contributed by atoms with E-state index in [1.54, 1.807) is 0 Å². The minimum atomic E-state index is -0.716. The van der Waals surface area contributed by atoms with E-state index in [0.29, 0.717) is 6.42 Å². The van der Waals surface area contributed by atoms with Crippen LogP contribution in [0.5, 0.6) is 0 Å². The van der Waals surface area contributed by atoms with Gasteiger partial charge in [-0.15, -0.1) is 0 Å². The van der Waals surface area contributed by atoms with Gasteiger partial charge in [-0.3, -0.25) is 9.59 Å². The zero-order valence-corrected chi connectivity index (χ0v) is 12.5. The molecule has 0 bridgehead atoms. The van der Waals surface area contributed by atoms with Crippen LogP contribution in [0.1, 0.15) is 59.8 Å². The molecular weight excluding hydrogens is 240 g/mol. The van der Waals surface area contributed by atoms with Crippen LogP contribution in [-0.2, 0) is 9.59 Å². The minimum absolute atomic E-state index is 0.0115. The molecule has 4 heteroatoms. The van der Waals surface area contributed by atoms with E-state index in [0.717, 1.165) is 31.6 Å². The number of nitrogens with zero attached hydrogens (tertiary/aromatic N) is 1. The fraction of sp³-hybridized carbons (Fsp3) is 0.867. The summed E-state index contributed by atoms with van der Waals surface area (Å²) in [4.78, 5) is 26.7. The highest BCUT2D eigenvalue weighted by Crippen LogP contribution is 2.32. The highest BCUT2D eigenvalue weighted by atomic mass is 16.2. The Balaban J connectivity index is 2.21. The van der Waals surface area contributed by atoms with Gasteiger partial charge in [0.2, 0.25) is 11.8 Å². The molecule has 19 heavy (non-hydrogen) atoms. The molecule has 108 valence electrons. The van der Waals surface area contributed by atoms with Crippen LogP contribution >= 0.6 is 0 Å². The van der Waals surface area contributed by atoms with Gasteiger partial charge >= 0.3 is 0 Å². The summed E-state index contributed by atoms with van der Waals surface area (Å²) in [5.41, 5.74) is -0.716. The molecule has 1 saturated heterocycles. The lowest BCUT2D eigenvalue weighted by Gasteiger charge is -2.48. The first kappa shape index (κ1) is 14.4. The van der Waals surface area contributed by atoms with Crippen LogP contribution in [0.3, 0.4) is 0 Å². The van der Waals surface area contributed by atoms with Gasteiger partial charge in [0.05, 0.1) is 0 Å². The van der Waals surface area contributed by atoms with Gasteiger partial charge in [0.15, 0.2) is 0 Å². The molecule has 1 aliphatic heterocycles. The number of rotatable bonds is 2. The van der Waals surface area contributed by atoms with Crippen molar-refractivity contribution in [3.05, 3.63) is 0 Å². The quantitative estimate of drug-likeness (QED) is 0.832. The second-order valence-electron chi connectivity index (χ2n) is 6.48.